The van der Waals surface area contributed by atoms with E-state index in [0.717, 1.165) is 23.5 Å². The van der Waals surface area contributed by atoms with Crippen molar-refractivity contribution in [2.45, 2.75) is 19.4 Å². The van der Waals surface area contributed by atoms with Gasteiger partial charge in [-0.1, -0.05) is 128 Å². The number of anilines is 4. The fourth-order valence-electron chi connectivity index (χ4n) is 6.96. The van der Waals surface area contributed by atoms with Crippen LogP contribution < -0.4 is 9.80 Å². The van der Waals surface area contributed by atoms with Gasteiger partial charge in [0.25, 0.3) is 0 Å². The lowest BCUT2D eigenvalue weighted by Crippen LogP contribution is -2.33. The van der Waals surface area contributed by atoms with Crippen LogP contribution in [0, 0.1) is 23.7 Å². The average Bonchev–Trinajstić information content (AvgIpc) is 3.43. The molecule has 1 aliphatic heterocycles. The molecule has 5 aromatic carbocycles. The molecule has 0 N–H and O–H groups in total. The Morgan fingerprint density at radius 2 is 1.22 bits per heavy atom. The van der Waals surface area contributed by atoms with Crippen molar-refractivity contribution in [2.75, 3.05) is 9.80 Å². The van der Waals surface area contributed by atoms with Gasteiger partial charge in [0.05, 0.1) is 12.0 Å². The smallest absolute Gasteiger partial charge is 0.0716 e. The molecule has 0 spiro atoms. The zero-order valence-electron chi connectivity index (χ0n) is 25.3. The van der Waals surface area contributed by atoms with Gasteiger partial charge in [-0.05, 0) is 88.7 Å². The van der Waals surface area contributed by atoms with Crippen molar-refractivity contribution < 1.29 is 0 Å². The highest BCUT2D eigenvalue weighted by atomic mass is 15.2. The van der Waals surface area contributed by atoms with Gasteiger partial charge in [-0.25, -0.2) is 0 Å². The first-order valence-corrected chi connectivity index (χ1v) is 15.8. The number of benzene rings is 5. The molecule has 5 aromatic rings. The summed E-state index contributed by atoms with van der Waals surface area (Å²) in [5.41, 5.74) is 12.2. The third-order valence-electron chi connectivity index (χ3n) is 9.17. The first-order chi connectivity index (χ1) is 22.2. The Hall–Kier alpha value is -5.52. The highest BCUT2D eigenvalue weighted by molar-refractivity contribution is 5.82. The Morgan fingerprint density at radius 1 is 0.622 bits per heavy atom. The summed E-state index contributed by atoms with van der Waals surface area (Å²) in [5, 5.41) is 0. The van der Waals surface area contributed by atoms with Crippen molar-refractivity contribution in [2.24, 2.45) is 11.8 Å². The summed E-state index contributed by atoms with van der Waals surface area (Å²) in [4.78, 5) is 4.92. The number of rotatable bonds is 6. The predicted octanol–water partition coefficient (Wildman–Crippen LogP) is 10.7. The summed E-state index contributed by atoms with van der Waals surface area (Å²) in [6.45, 7) is 2.30. The highest BCUT2D eigenvalue weighted by Gasteiger charge is 2.40. The molecule has 8 rings (SSSR count). The van der Waals surface area contributed by atoms with Gasteiger partial charge in [0, 0.05) is 28.4 Å². The van der Waals surface area contributed by atoms with Crippen molar-refractivity contribution in [1.82, 2.24) is 0 Å². The fraction of sp³-hybridized carbons (Fsp3) is 0.116. The molecule has 3 atom stereocenters. The Kier molecular flexibility index (Phi) is 6.93. The Morgan fingerprint density at radius 3 is 1.84 bits per heavy atom. The Bertz CT molecular complexity index is 1910. The largest absolute Gasteiger partial charge is 0.336 e. The van der Waals surface area contributed by atoms with E-state index >= 15 is 0 Å². The van der Waals surface area contributed by atoms with Crippen molar-refractivity contribution in [3.8, 4) is 34.1 Å². The molecule has 0 aromatic heterocycles. The number of allylic oxidation sites excluding steroid dienone is 4. The lowest BCUT2D eigenvalue weighted by atomic mass is 9.88. The fourth-order valence-corrected chi connectivity index (χ4v) is 6.96. The normalized spacial score (nSPS) is 19.5. The summed E-state index contributed by atoms with van der Waals surface area (Å²) in [5.74, 6) is 7.49. The molecule has 0 fully saturated rings. The summed E-state index contributed by atoms with van der Waals surface area (Å²) < 4.78 is 0. The standard InChI is InChI=1S/C43H34N2/c1-31-19-28-41-40-17-8-9-18-42(40)45(43(41)29-31)39-16-10-15-38(30-39)44(36-24-20-34(21-25-36)32-11-4-2-5-12-32)37-26-22-35(23-27-37)33-13-6-3-7-14-33/h2-7,9-16,18-28,30-31,40,42H,29H2,1H3/t31?,40?,42-/m0/s1. The minimum absolute atomic E-state index is 0.213. The highest BCUT2D eigenvalue weighted by Crippen LogP contribution is 2.46. The summed E-state index contributed by atoms with van der Waals surface area (Å²) in [7, 11) is 0. The second-order valence-electron chi connectivity index (χ2n) is 12.1. The number of fused-ring (bicyclic) bond motifs is 2. The van der Waals surface area contributed by atoms with E-state index in [0.29, 0.717) is 5.92 Å². The van der Waals surface area contributed by atoms with Crippen LogP contribution >= 0.6 is 0 Å². The monoisotopic (exact) mass is 578 g/mol. The topological polar surface area (TPSA) is 6.48 Å². The van der Waals surface area contributed by atoms with Crippen LogP contribution in [0.25, 0.3) is 22.3 Å². The second kappa shape index (κ2) is 11.5. The molecular formula is C43H34N2. The minimum atomic E-state index is 0.213. The maximum absolute atomic E-state index is 3.52. The minimum Gasteiger partial charge on any atom is -0.336 e. The van der Waals surface area contributed by atoms with E-state index in [2.05, 4.69) is 180 Å². The molecule has 45 heavy (non-hydrogen) atoms. The lowest BCUT2D eigenvalue weighted by molar-refractivity contribution is 0.671. The molecule has 1 heterocycles. The first-order valence-electron chi connectivity index (χ1n) is 15.8. The van der Waals surface area contributed by atoms with Crippen LogP contribution in [0.3, 0.4) is 0 Å². The van der Waals surface area contributed by atoms with Crippen molar-refractivity contribution in [3.05, 3.63) is 169 Å². The Balaban J connectivity index is 1.21. The van der Waals surface area contributed by atoms with Crippen LogP contribution in [0.1, 0.15) is 13.3 Å². The third kappa shape index (κ3) is 5.07. The number of nitrogens with zero attached hydrogens (tertiary/aromatic N) is 2. The van der Waals surface area contributed by atoms with Crippen LogP contribution in [0.2, 0.25) is 0 Å². The maximum Gasteiger partial charge on any atom is 0.0716 e. The maximum atomic E-state index is 3.52. The van der Waals surface area contributed by atoms with E-state index in [1.165, 1.54) is 39.2 Å². The molecule has 2 unspecified atom stereocenters. The molecule has 216 valence electrons. The van der Waals surface area contributed by atoms with Gasteiger partial charge in [-0.2, -0.15) is 0 Å². The molecule has 0 bridgehead atoms. The zero-order chi connectivity index (χ0) is 30.2. The number of hydrogen-bond acceptors (Lipinski definition) is 2. The van der Waals surface area contributed by atoms with Gasteiger partial charge in [0.15, 0.2) is 0 Å². The summed E-state index contributed by atoms with van der Waals surface area (Å²) in [6.07, 6.45) is 10.0. The molecule has 0 saturated carbocycles. The SMILES string of the molecule is CC1C=CC2=C(C1)N(c1cccc(N(c3ccc(-c4ccccc4)cc3)c3ccc(-c4ccccc4)cc3)c1)[C@H]1C=CC#CC21. The molecule has 3 aliphatic rings. The van der Waals surface area contributed by atoms with Gasteiger partial charge in [-0.3, -0.25) is 0 Å². The lowest BCUT2D eigenvalue weighted by Gasteiger charge is -2.32. The zero-order valence-corrected chi connectivity index (χ0v) is 25.3. The van der Waals surface area contributed by atoms with Crippen LogP contribution in [0.5, 0.6) is 0 Å². The van der Waals surface area contributed by atoms with Crippen molar-refractivity contribution >= 4 is 22.7 Å². The third-order valence-corrected chi connectivity index (χ3v) is 9.17. The Labute approximate surface area is 266 Å². The van der Waals surface area contributed by atoms with Crippen molar-refractivity contribution in [1.29, 1.82) is 0 Å². The van der Waals surface area contributed by atoms with E-state index in [1.807, 2.05) is 6.08 Å². The van der Waals surface area contributed by atoms with Crippen LogP contribution in [-0.4, -0.2) is 6.04 Å². The molecule has 2 heteroatoms. The molecule has 2 aliphatic carbocycles. The van der Waals surface area contributed by atoms with E-state index < -0.39 is 0 Å². The molecule has 0 radical (unpaired) electrons. The van der Waals surface area contributed by atoms with Crippen LogP contribution in [-0.2, 0) is 0 Å². The summed E-state index contributed by atoms with van der Waals surface area (Å²) in [6, 6.07) is 48.2. The van der Waals surface area contributed by atoms with E-state index in [4.69, 9.17) is 0 Å². The molecular weight excluding hydrogens is 544 g/mol. The predicted molar refractivity (Wildman–Crippen MR) is 189 cm³/mol. The average molecular weight is 579 g/mol. The van der Waals surface area contributed by atoms with Gasteiger partial charge in [0.2, 0.25) is 0 Å². The quantitative estimate of drug-likeness (QED) is 0.185. The van der Waals surface area contributed by atoms with E-state index in [9.17, 15) is 0 Å². The first kappa shape index (κ1) is 27.1. The number of hydrogen-bond donors (Lipinski definition) is 0. The van der Waals surface area contributed by atoms with Gasteiger partial charge >= 0.3 is 0 Å². The van der Waals surface area contributed by atoms with Crippen molar-refractivity contribution in [3.63, 3.8) is 0 Å². The second-order valence-corrected chi connectivity index (χ2v) is 12.1. The molecule has 2 nitrogen and oxygen atoms in total. The van der Waals surface area contributed by atoms with Crippen LogP contribution in [0.4, 0.5) is 22.7 Å². The van der Waals surface area contributed by atoms with Gasteiger partial charge in [-0.15, -0.1) is 0 Å². The molecule has 0 saturated heterocycles. The molecule has 0 amide bonds. The van der Waals surface area contributed by atoms with Crippen LogP contribution in [0.15, 0.2) is 169 Å². The summed E-state index contributed by atoms with van der Waals surface area (Å²) >= 11 is 0. The van der Waals surface area contributed by atoms with E-state index in [-0.39, 0.29) is 12.0 Å². The van der Waals surface area contributed by atoms with Gasteiger partial charge in [0.1, 0.15) is 0 Å². The van der Waals surface area contributed by atoms with Gasteiger partial charge < -0.3 is 9.80 Å². The van der Waals surface area contributed by atoms with E-state index in [1.54, 1.807) is 0 Å².